The summed E-state index contributed by atoms with van der Waals surface area (Å²) in [5.41, 5.74) is -1.93. The number of hydrogen-bond donors (Lipinski definition) is 0. The molecule has 310 valence electrons. The summed E-state index contributed by atoms with van der Waals surface area (Å²) in [5.74, 6) is -7.84. The van der Waals surface area contributed by atoms with E-state index in [0.717, 1.165) is 108 Å². The monoisotopic (exact) mass is 806 g/mol. The fraction of sp³-hybridized carbons (Fsp3) is 0.591. The molecule has 0 aliphatic heterocycles. The van der Waals surface area contributed by atoms with Gasteiger partial charge in [0.05, 0.1) is 38.6 Å². The molecule has 5 aliphatic rings. The van der Waals surface area contributed by atoms with Crippen LogP contribution in [0.15, 0.2) is 24.3 Å². The first-order valence-corrected chi connectivity index (χ1v) is 20.6. The van der Waals surface area contributed by atoms with E-state index in [4.69, 9.17) is 23.7 Å². The van der Waals surface area contributed by atoms with Crippen LogP contribution in [0, 0.1) is 58.7 Å². The normalized spacial score (nSPS) is 19.1. The van der Waals surface area contributed by atoms with Crippen LogP contribution in [0.5, 0.6) is 34.5 Å². The Kier molecular flexibility index (Phi) is 11.9. The lowest BCUT2D eigenvalue weighted by atomic mass is 9.86. The van der Waals surface area contributed by atoms with Crippen molar-refractivity contribution in [1.29, 1.82) is 0 Å². The molecule has 5 saturated carbocycles. The second-order valence-electron chi connectivity index (χ2n) is 16.7. The maximum atomic E-state index is 16.2. The molecule has 5 fully saturated rings. The van der Waals surface area contributed by atoms with Crippen molar-refractivity contribution in [2.75, 3.05) is 33.0 Å². The minimum Gasteiger partial charge on any atom is -0.488 e. The number of hydrogen-bond acceptors (Lipinski definition) is 6. The minimum absolute atomic E-state index is 0.0770. The van der Waals surface area contributed by atoms with Crippen LogP contribution in [0.1, 0.15) is 102 Å². The van der Waals surface area contributed by atoms with Gasteiger partial charge < -0.3 is 28.4 Å². The zero-order valence-corrected chi connectivity index (χ0v) is 31.9. The van der Waals surface area contributed by atoms with Crippen molar-refractivity contribution in [3.63, 3.8) is 0 Å². The van der Waals surface area contributed by atoms with Crippen molar-refractivity contribution in [1.82, 2.24) is 0 Å². The molecule has 0 N–H and O–H groups in total. The molecule has 0 unspecified atom stereocenters. The zero-order chi connectivity index (χ0) is 39.7. The Balaban J connectivity index is 1.27. The van der Waals surface area contributed by atoms with Crippen molar-refractivity contribution >= 4 is 0 Å². The van der Waals surface area contributed by atoms with Gasteiger partial charge in [0.1, 0.15) is 22.9 Å². The van der Waals surface area contributed by atoms with Crippen LogP contribution in [0.25, 0.3) is 11.1 Å². The lowest BCUT2D eigenvalue weighted by molar-refractivity contribution is -0.189. The molecule has 0 aromatic heterocycles. The fourth-order valence-corrected chi connectivity index (χ4v) is 7.66. The molecule has 0 heterocycles. The molecule has 8 rings (SSSR count). The highest BCUT2D eigenvalue weighted by atomic mass is 19.3. The van der Waals surface area contributed by atoms with Crippen LogP contribution < -0.4 is 28.4 Å². The summed E-state index contributed by atoms with van der Waals surface area (Å²) in [7, 11) is 0. The van der Waals surface area contributed by atoms with E-state index >= 15 is 17.6 Å². The van der Waals surface area contributed by atoms with Gasteiger partial charge in [-0.25, -0.2) is 22.0 Å². The van der Waals surface area contributed by atoms with E-state index in [9.17, 15) is 13.2 Å². The summed E-state index contributed by atoms with van der Waals surface area (Å²) in [4.78, 5) is 0. The van der Waals surface area contributed by atoms with Crippen LogP contribution in [0.2, 0.25) is 0 Å². The molecule has 5 aliphatic carbocycles. The summed E-state index contributed by atoms with van der Waals surface area (Å²) < 4.78 is 142. The SMILES string of the molecule is Fc1cc(OC(F)(F)c2c(F)cc(-c3c(OCC4CCC4)c(OCC4CCC4)c(OCC4CCC4)c(OCC4CCC4)c3OCC3CCC3)cc2F)cc(F)c1F. The van der Waals surface area contributed by atoms with Gasteiger partial charge in [-0.15, -0.1) is 0 Å². The highest BCUT2D eigenvalue weighted by molar-refractivity contribution is 5.87. The van der Waals surface area contributed by atoms with Gasteiger partial charge in [0.15, 0.2) is 29.0 Å². The second kappa shape index (κ2) is 17.1. The molecule has 3 aromatic rings. The van der Waals surface area contributed by atoms with Crippen molar-refractivity contribution in [2.24, 2.45) is 29.6 Å². The molecular formula is C44H49F7O6. The molecule has 0 bridgehead atoms. The number of ether oxygens (including phenoxy) is 6. The average Bonchev–Trinajstić information content (AvgIpc) is 3.04. The van der Waals surface area contributed by atoms with Gasteiger partial charge in [-0.1, -0.05) is 32.1 Å². The third kappa shape index (κ3) is 8.72. The number of halogens is 7. The highest BCUT2D eigenvalue weighted by Gasteiger charge is 2.43. The topological polar surface area (TPSA) is 55.4 Å². The second-order valence-corrected chi connectivity index (χ2v) is 16.7. The smallest absolute Gasteiger partial charge is 0.432 e. The Morgan fingerprint density at radius 2 is 0.754 bits per heavy atom. The molecule has 6 nitrogen and oxygen atoms in total. The van der Waals surface area contributed by atoms with Crippen molar-refractivity contribution in [3.05, 3.63) is 58.9 Å². The van der Waals surface area contributed by atoms with Gasteiger partial charge in [0, 0.05) is 12.1 Å². The predicted octanol–water partition coefficient (Wildman–Crippen LogP) is 12.1. The lowest BCUT2D eigenvalue weighted by Gasteiger charge is -2.33. The standard InChI is InChI=1S/C44H49F7O6/c45-32-16-30(17-33(46)37(32)44(50,51)57-31-18-34(47)38(49)35(48)19-31)36-39(52-20-25-6-1-7-25)41(54-22-27-10-3-11-27)43(56-24-29-14-5-15-29)42(55-23-28-12-4-13-28)40(36)53-21-26-8-2-9-26/h16-19,25-29H,1-15,20-24H2. The Morgan fingerprint density at radius 1 is 0.439 bits per heavy atom. The van der Waals surface area contributed by atoms with E-state index in [-0.39, 0.29) is 83.1 Å². The first kappa shape index (κ1) is 39.8. The Hall–Kier alpha value is -4.03. The lowest BCUT2D eigenvalue weighted by Crippen LogP contribution is -2.26. The molecule has 57 heavy (non-hydrogen) atoms. The maximum absolute atomic E-state index is 16.2. The number of rotatable bonds is 19. The summed E-state index contributed by atoms with van der Waals surface area (Å²) in [5, 5.41) is 0. The van der Waals surface area contributed by atoms with Crippen LogP contribution >= 0.6 is 0 Å². The Morgan fingerprint density at radius 3 is 1.07 bits per heavy atom. The van der Waals surface area contributed by atoms with E-state index in [2.05, 4.69) is 4.74 Å². The molecule has 0 amide bonds. The molecule has 13 heteroatoms. The van der Waals surface area contributed by atoms with E-state index in [1.54, 1.807) is 0 Å². The van der Waals surface area contributed by atoms with Crippen LogP contribution in [0.4, 0.5) is 30.7 Å². The van der Waals surface area contributed by atoms with Gasteiger partial charge in [-0.05, 0) is 111 Å². The maximum Gasteiger partial charge on any atom is 0.432 e. The summed E-state index contributed by atoms with van der Waals surface area (Å²) >= 11 is 0. The summed E-state index contributed by atoms with van der Waals surface area (Å²) in [6.45, 7) is 1.58. The first-order chi connectivity index (χ1) is 27.5. The Bertz CT molecular complexity index is 1800. The Labute approximate surface area is 328 Å². The van der Waals surface area contributed by atoms with Crippen LogP contribution in [-0.4, -0.2) is 33.0 Å². The minimum atomic E-state index is -4.77. The van der Waals surface area contributed by atoms with Crippen molar-refractivity contribution in [3.8, 4) is 45.6 Å². The molecule has 0 spiro atoms. The first-order valence-electron chi connectivity index (χ1n) is 20.6. The molecular weight excluding hydrogens is 757 g/mol. The average molecular weight is 807 g/mol. The largest absolute Gasteiger partial charge is 0.488 e. The third-order valence-electron chi connectivity index (χ3n) is 12.5. The van der Waals surface area contributed by atoms with Gasteiger partial charge >= 0.3 is 6.11 Å². The van der Waals surface area contributed by atoms with E-state index in [1.807, 2.05) is 0 Å². The van der Waals surface area contributed by atoms with Crippen molar-refractivity contribution < 1.29 is 59.2 Å². The predicted molar refractivity (Wildman–Crippen MR) is 197 cm³/mol. The van der Waals surface area contributed by atoms with Gasteiger partial charge in [-0.2, -0.15) is 8.78 Å². The molecule has 0 atom stereocenters. The molecule has 0 saturated heterocycles. The third-order valence-corrected chi connectivity index (χ3v) is 12.5. The fourth-order valence-electron chi connectivity index (χ4n) is 7.66. The number of benzene rings is 3. The van der Waals surface area contributed by atoms with Crippen LogP contribution in [0.3, 0.4) is 0 Å². The highest BCUT2D eigenvalue weighted by Crippen LogP contribution is 2.59. The molecule has 3 aromatic carbocycles. The van der Waals surface area contributed by atoms with Gasteiger partial charge in [0.2, 0.25) is 17.2 Å². The quantitative estimate of drug-likeness (QED) is 0.0888. The zero-order valence-electron chi connectivity index (χ0n) is 31.9. The van der Waals surface area contributed by atoms with Crippen molar-refractivity contribution in [2.45, 2.75) is 102 Å². The number of alkyl halides is 2. The van der Waals surface area contributed by atoms with Gasteiger partial charge in [0.25, 0.3) is 0 Å². The van der Waals surface area contributed by atoms with Crippen LogP contribution in [-0.2, 0) is 6.11 Å². The van der Waals surface area contributed by atoms with E-state index in [0.29, 0.717) is 31.5 Å². The molecule has 0 radical (unpaired) electrons. The van der Waals surface area contributed by atoms with Gasteiger partial charge in [-0.3, -0.25) is 0 Å². The van der Waals surface area contributed by atoms with E-state index < -0.39 is 46.5 Å². The summed E-state index contributed by atoms with van der Waals surface area (Å²) in [6.07, 6.45) is 10.2. The summed E-state index contributed by atoms with van der Waals surface area (Å²) in [6, 6.07) is 1.78. The van der Waals surface area contributed by atoms with E-state index in [1.165, 1.54) is 0 Å².